The minimum atomic E-state index is -0.338. The average Bonchev–Trinajstić information content (AvgIpc) is 3.26. The van der Waals surface area contributed by atoms with E-state index >= 15 is 0 Å². The largest absolute Gasteiger partial charge is 0.366 e. The van der Waals surface area contributed by atoms with Gasteiger partial charge in [0, 0.05) is 13.1 Å². The molecule has 2 aromatic rings. The zero-order valence-electron chi connectivity index (χ0n) is 16.2. The fourth-order valence-corrected chi connectivity index (χ4v) is 4.05. The maximum absolute atomic E-state index is 13.3. The van der Waals surface area contributed by atoms with Crippen LogP contribution in [-0.2, 0) is 16.1 Å². The topological polar surface area (TPSA) is 40.6 Å². The predicted octanol–water partition coefficient (Wildman–Crippen LogP) is 3.82. The van der Waals surface area contributed by atoms with Gasteiger partial charge in [0.1, 0.15) is 11.5 Å². The third kappa shape index (κ3) is 3.21. The van der Waals surface area contributed by atoms with Crippen LogP contribution in [0.15, 0.2) is 48.2 Å². The molecule has 4 nitrogen and oxygen atoms in total. The summed E-state index contributed by atoms with van der Waals surface area (Å²) < 4.78 is 13.2. The van der Waals surface area contributed by atoms with E-state index in [1.165, 1.54) is 17.0 Å². The number of amides is 2. The van der Waals surface area contributed by atoms with Gasteiger partial charge >= 0.3 is 0 Å². The molecule has 2 heterocycles. The smallest absolute Gasteiger partial charge is 0.278 e. The third-order valence-electron chi connectivity index (χ3n) is 5.47. The summed E-state index contributed by atoms with van der Waals surface area (Å²) in [5.41, 5.74) is 4.64. The van der Waals surface area contributed by atoms with E-state index in [2.05, 4.69) is 0 Å². The summed E-state index contributed by atoms with van der Waals surface area (Å²) in [6, 6.07) is 11.9. The fraction of sp³-hybridized carbons (Fsp3) is 0.304. The first-order valence-corrected chi connectivity index (χ1v) is 9.63. The molecule has 1 fully saturated rings. The lowest BCUT2D eigenvalue weighted by molar-refractivity contribution is -0.138. The Balaban J connectivity index is 1.76. The predicted molar refractivity (Wildman–Crippen MR) is 106 cm³/mol. The molecule has 0 bridgehead atoms. The highest BCUT2D eigenvalue weighted by atomic mass is 19.1. The van der Waals surface area contributed by atoms with Crippen LogP contribution >= 0.6 is 0 Å². The molecule has 2 aliphatic rings. The van der Waals surface area contributed by atoms with Crippen LogP contribution in [0.2, 0.25) is 0 Å². The Labute approximate surface area is 164 Å². The quantitative estimate of drug-likeness (QED) is 0.760. The Morgan fingerprint density at radius 1 is 0.929 bits per heavy atom. The molecule has 2 amide bonds. The summed E-state index contributed by atoms with van der Waals surface area (Å²) in [7, 11) is 0. The van der Waals surface area contributed by atoms with Crippen molar-refractivity contribution < 1.29 is 14.0 Å². The SMILES string of the molecule is Cc1ccc(C2=C(N3CCCC3)C(=O)N(Cc3ccc(F)cc3)C2=O)c(C)c1. The number of benzene rings is 2. The molecule has 0 N–H and O–H groups in total. The Bertz CT molecular complexity index is 973. The molecule has 0 aliphatic carbocycles. The number of aryl methyl sites for hydroxylation is 2. The second-order valence-electron chi connectivity index (χ2n) is 7.56. The first-order chi connectivity index (χ1) is 13.5. The molecule has 144 valence electrons. The van der Waals surface area contributed by atoms with Crippen molar-refractivity contribution in [3.8, 4) is 0 Å². The molecule has 0 radical (unpaired) electrons. The summed E-state index contributed by atoms with van der Waals surface area (Å²) in [6.07, 6.45) is 2.03. The van der Waals surface area contributed by atoms with Gasteiger partial charge in [-0.2, -0.15) is 0 Å². The van der Waals surface area contributed by atoms with Gasteiger partial charge in [0.2, 0.25) is 0 Å². The normalized spacial score (nSPS) is 17.2. The summed E-state index contributed by atoms with van der Waals surface area (Å²) >= 11 is 0. The minimum Gasteiger partial charge on any atom is -0.366 e. The lowest BCUT2D eigenvalue weighted by Gasteiger charge is -2.20. The molecule has 0 atom stereocenters. The fourth-order valence-electron chi connectivity index (χ4n) is 4.05. The van der Waals surface area contributed by atoms with Gasteiger partial charge in [0.25, 0.3) is 11.8 Å². The number of hydrogen-bond donors (Lipinski definition) is 0. The lowest BCUT2D eigenvalue weighted by Crippen LogP contribution is -2.34. The highest BCUT2D eigenvalue weighted by Crippen LogP contribution is 2.35. The van der Waals surface area contributed by atoms with Gasteiger partial charge in [-0.3, -0.25) is 14.5 Å². The van der Waals surface area contributed by atoms with Crippen molar-refractivity contribution >= 4 is 17.4 Å². The standard InChI is InChI=1S/C23H23FN2O2/c1-15-5-10-19(16(2)13-15)20-21(25-11-3-4-12-25)23(28)26(22(20)27)14-17-6-8-18(24)9-7-17/h5-10,13H,3-4,11-12,14H2,1-2H3. The highest BCUT2D eigenvalue weighted by Gasteiger charge is 2.42. The molecule has 5 heteroatoms. The van der Waals surface area contributed by atoms with E-state index in [4.69, 9.17) is 0 Å². The summed E-state index contributed by atoms with van der Waals surface area (Å²) in [6.45, 7) is 5.69. The summed E-state index contributed by atoms with van der Waals surface area (Å²) in [5.74, 6) is -0.871. The molecule has 28 heavy (non-hydrogen) atoms. The Morgan fingerprint density at radius 3 is 2.25 bits per heavy atom. The molecule has 0 aromatic heterocycles. The number of likely N-dealkylation sites (tertiary alicyclic amines) is 1. The number of imide groups is 1. The molecule has 2 aromatic carbocycles. The van der Waals surface area contributed by atoms with Crippen LogP contribution in [0, 0.1) is 19.7 Å². The van der Waals surface area contributed by atoms with Gasteiger partial charge in [-0.05, 0) is 55.5 Å². The third-order valence-corrected chi connectivity index (χ3v) is 5.47. The molecule has 2 aliphatic heterocycles. The molecule has 0 unspecified atom stereocenters. The molecular weight excluding hydrogens is 355 g/mol. The lowest BCUT2D eigenvalue weighted by atomic mass is 9.97. The van der Waals surface area contributed by atoms with E-state index < -0.39 is 0 Å². The second kappa shape index (κ2) is 7.23. The second-order valence-corrected chi connectivity index (χ2v) is 7.56. The monoisotopic (exact) mass is 378 g/mol. The molecular formula is C23H23FN2O2. The van der Waals surface area contributed by atoms with Crippen molar-refractivity contribution in [3.63, 3.8) is 0 Å². The van der Waals surface area contributed by atoms with Crippen molar-refractivity contribution in [2.45, 2.75) is 33.2 Å². The van der Waals surface area contributed by atoms with Gasteiger partial charge < -0.3 is 4.90 Å². The maximum Gasteiger partial charge on any atom is 0.278 e. The van der Waals surface area contributed by atoms with E-state index in [9.17, 15) is 14.0 Å². The zero-order chi connectivity index (χ0) is 19.8. The number of rotatable bonds is 4. The zero-order valence-corrected chi connectivity index (χ0v) is 16.2. The van der Waals surface area contributed by atoms with Crippen molar-refractivity contribution in [1.82, 2.24) is 9.80 Å². The van der Waals surface area contributed by atoms with Gasteiger partial charge in [0.05, 0.1) is 12.1 Å². The van der Waals surface area contributed by atoms with Crippen LogP contribution in [0.1, 0.15) is 35.1 Å². The van der Waals surface area contributed by atoms with E-state index in [-0.39, 0.29) is 24.2 Å². The first kappa shape index (κ1) is 18.4. The molecule has 0 saturated carbocycles. The van der Waals surface area contributed by atoms with Gasteiger partial charge in [0.15, 0.2) is 0 Å². The average molecular weight is 378 g/mol. The summed E-state index contributed by atoms with van der Waals surface area (Å²) in [4.78, 5) is 29.9. The Hall–Kier alpha value is -2.95. The number of carbonyl (C=O) groups is 2. The maximum atomic E-state index is 13.3. The van der Waals surface area contributed by atoms with Crippen molar-refractivity contribution in [3.05, 3.63) is 76.2 Å². The van der Waals surface area contributed by atoms with E-state index in [1.54, 1.807) is 12.1 Å². The van der Waals surface area contributed by atoms with Crippen LogP contribution in [-0.4, -0.2) is 34.7 Å². The van der Waals surface area contributed by atoms with Gasteiger partial charge in [-0.1, -0.05) is 35.9 Å². The van der Waals surface area contributed by atoms with E-state index in [1.807, 2.05) is 36.9 Å². The van der Waals surface area contributed by atoms with Gasteiger partial charge in [-0.25, -0.2) is 4.39 Å². The van der Waals surface area contributed by atoms with Gasteiger partial charge in [-0.15, -0.1) is 0 Å². The Kier molecular flexibility index (Phi) is 4.75. The number of halogens is 1. The first-order valence-electron chi connectivity index (χ1n) is 9.63. The van der Waals surface area contributed by atoms with Crippen molar-refractivity contribution in [2.24, 2.45) is 0 Å². The van der Waals surface area contributed by atoms with Crippen LogP contribution in [0.3, 0.4) is 0 Å². The highest BCUT2D eigenvalue weighted by molar-refractivity contribution is 6.35. The summed E-state index contributed by atoms with van der Waals surface area (Å²) in [5, 5.41) is 0. The molecule has 0 spiro atoms. The Morgan fingerprint density at radius 2 is 1.61 bits per heavy atom. The van der Waals surface area contributed by atoms with Crippen molar-refractivity contribution in [1.29, 1.82) is 0 Å². The number of nitrogens with zero attached hydrogens (tertiary/aromatic N) is 2. The minimum absolute atomic E-state index is 0.143. The molecule has 4 rings (SSSR count). The number of hydrogen-bond acceptors (Lipinski definition) is 3. The molecule has 1 saturated heterocycles. The van der Waals surface area contributed by atoms with Crippen LogP contribution in [0.4, 0.5) is 4.39 Å². The van der Waals surface area contributed by atoms with E-state index in [0.717, 1.165) is 48.2 Å². The van der Waals surface area contributed by atoms with Crippen molar-refractivity contribution in [2.75, 3.05) is 13.1 Å². The number of carbonyl (C=O) groups excluding carboxylic acids is 2. The van der Waals surface area contributed by atoms with Crippen LogP contribution in [0.5, 0.6) is 0 Å². The van der Waals surface area contributed by atoms with Crippen LogP contribution in [0.25, 0.3) is 5.57 Å². The van der Waals surface area contributed by atoms with E-state index in [0.29, 0.717) is 11.3 Å². The van der Waals surface area contributed by atoms with Crippen LogP contribution < -0.4 is 0 Å².